The fraction of sp³-hybridized carbons (Fsp3) is 0.533. The maximum Gasteiger partial charge on any atom is 0.130 e. The molecule has 1 aromatic carbocycles. The molecule has 18 heavy (non-hydrogen) atoms. The molecule has 3 heteroatoms. The molecule has 0 fully saturated rings. The Balaban J connectivity index is 2.57. The Kier molecular flexibility index (Phi) is 5.67. The van der Waals surface area contributed by atoms with Crippen LogP contribution in [0.15, 0.2) is 24.3 Å². The molecule has 1 N–H and O–H groups in total. The Bertz CT molecular complexity index is 407. The minimum absolute atomic E-state index is 0.271. The number of nitrogens with zero attached hydrogens (tertiary/aromatic N) is 1. The van der Waals surface area contributed by atoms with Gasteiger partial charge in [-0.15, -0.1) is 0 Å². The van der Waals surface area contributed by atoms with Crippen molar-refractivity contribution in [1.82, 2.24) is 5.32 Å². The Morgan fingerprint density at radius 1 is 1.28 bits per heavy atom. The summed E-state index contributed by atoms with van der Waals surface area (Å²) < 4.78 is 5.67. The lowest BCUT2D eigenvalue weighted by Gasteiger charge is -2.16. The van der Waals surface area contributed by atoms with Gasteiger partial charge in [-0.05, 0) is 37.5 Å². The molecule has 1 atom stereocenters. The van der Waals surface area contributed by atoms with E-state index in [1.165, 1.54) is 5.56 Å². The highest BCUT2D eigenvalue weighted by Crippen LogP contribution is 2.20. The Morgan fingerprint density at radius 2 is 2.00 bits per heavy atom. The van der Waals surface area contributed by atoms with Gasteiger partial charge in [0.05, 0.1) is 6.07 Å². The Morgan fingerprint density at radius 3 is 2.56 bits per heavy atom. The largest absolute Gasteiger partial charge is 0.491 e. The van der Waals surface area contributed by atoms with Gasteiger partial charge < -0.3 is 4.74 Å². The van der Waals surface area contributed by atoms with E-state index in [1.54, 1.807) is 0 Å². The number of nitriles is 1. The van der Waals surface area contributed by atoms with E-state index in [9.17, 15) is 0 Å². The van der Waals surface area contributed by atoms with E-state index in [2.05, 4.69) is 31.3 Å². The maximum absolute atomic E-state index is 9.00. The second-order valence-corrected chi connectivity index (χ2v) is 5.04. The fourth-order valence-corrected chi connectivity index (χ4v) is 1.67. The molecule has 98 valence electrons. The number of nitrogens with one attached hydrogen (secondary N) is 1. The van der Waals surface area contributed by atoms with E-state index < -0.39 is 0 Å². The van der Waals surface area contributed by atoms with Crippen LogP contribution in [0.2, 0.25) is 0 Å². The zero-order valence-electron chi connectivity index (χ0n) is 11.6. The summed E-state index contributed by atoms with van der Waals surface area (Å²) in [6.07, 6.45) is 0. The van der Waals surface area contributed by atoms with Crippen LogP contribution >= 0.6 is 0 Å². The molecule has 0 amide bonds. The van der Waals surface area contributed by atoms with Crippen molar-refractivity contribution < 1.29 is 4.74 Å². The number of ether oxygens (including phenoxy) is 1. The minimum Gasteiger partial charge on any atom is -0.491 e. The molecule has 0 radical (unpaired) electrons. The smallest absolute Gasteiger partial charge is 0.130 e. The quantitative estimate of drug-likeness (QED) is 0.839. The van der Waals surface area contributed by atoms with E-state index in [1.807, 2.05) is 32.0 Å². The molecule has 0 spiro atoms. The topological polar surface area (TPSA) is 45.0 Å². The maximum atomic E-state index is 9.00. The molecule has 1 unspecified atom stereocenters. The van der Waals surface area contributed by atoms with Crippen LogP contribution in [-0.2, 0) is 0 Å². The predicted molar refractivity (Wildman–Crippen MR) is 73.7 cm³/mol. The fourth-order valence-electron chi connectivity index (χ4n) is 1.67. The zero-order chi connectivity index (χ0) is 13.5. The standard InChI is InChI=1S/C15H22N2O/c1-11(2)13-6-5-7-15(8-13)18-10-14(9-16)17-12(3)4/h5-8,11-12,14,17H,10H2,1-4H3. The van der Waals surface area contributed by atoms with Crippen molar-refractivity contribution in [1.29, 1.82) is 5.26 Å². The highest BCUT2D eigenvalue weighted by atomic mass is 16.5. The third kappa shape index (κ3) is 4.77. The average Bonchev–Trinajstić information content (AvgIpc) is 2.34. The normalized spacial score (nSPS) is 12.5. The van der Waals surface area contributed by atoms with Crippen LogP contribution in [0.3, 0.4) is 0 Å². The molecule has 0 saturated heterocycles. The van der Waals surface area contributed by atoms with E-state index in [0.717, 1.165) is 5.75 Å². The Hall–Kier alpha value is -1.53. The SMILES string of the molecule is CC(C)NC(C#N)COc1cccc(C(C)C)c1. The summed E-state index contributed by atoms with van der Waals surface area (Å²) in [5.41, 5.74) is 1.25. The molecule has 0 saturated carbocycles. The van der Waals surface area contributed by atoms with Crippen molar-refractivity contribution in [3.8, 4) is 11.8 Å². The first-order chi connectivity index (χ1) is 8.52. The van der Waals surface area contributed by atoms with Crippen LogP contribution in [-0.4, -0.2) is 18.7 Å². The summed E-state index contributed by atoms with van der Waals surface area (Å²) in [5, 5.41) is 12.2. The summed E-state index contributed by atoms with van der Waals surface area (Å²) in [5.74, 6) is 1.31. The van der Waals surface area contributed by atoms with Gasteiger partial charge in [0.25, 0.3) is 0 Å². The molecule has 0 aromatic heterocycles. The van der Waals surface area contributed by atoms with E-state index in [0.29, 0.717) is 12.5 Å². The van der Waals surface area contributed by atoms with Gasteiger partial charge in [-0.1, -0.05) is 26.0 Å². The molecule has 1 rings (SSSR count). The lowest BCUT2D eigenvalue weighted by atomic mass is 10.0. The van der Waals surface area contributed by atoms with Crippen molar-refractivity contribution in [3.63, 3.8) is 0 Å². The third-order valence-electron chi connectivity index (χ3n) is 2.63. The molecule has 0 bridgehead atoms. The number of rotatable bonds is 6. The first-order valence-corrected chi connectivity index (χ1v) is 6.41. The van der Waals surface area contributed by atoms with Crippen molar-refractivity contribution in [2.75, 3.05) is 6.61 Å². The van der Waals surface area contributed by atoms with Gasteiger partial charge >= 0.3 is 0 Å². The van der Waals surface area contributed by atoms with Crippen molar-refractivity contribution in [2.24, 2.45) is 0 Å². The summed E-state index contributed by atoms with van der Waals surface area (Å²) in [6.45, 7) is 8.71. The van der Waals surface area contributed by atoms with E-state index >= 15 is 0 Å². The van der Waals surface area contributed by atoms with Gasteiger partial charge in [0.2, 0.25) is 0 Å². The van der Waals surface area contributed by atoms with Crippen LogP contribution < -0.4 is 10.1 Å². The van der Waals surface area contributed by atoms with Gasteiger partial charge in [0.15, 0.2) is 0 Å². The van der Waals surface area contributed by atoms with Gasteiger partial charge in [-0.3, -0.25) is 5.32 Å². The lowest BCUT2D eigenvalue weighted by molar-refractivity contribution is 0.282. The number of benzene rings is 1. The molecule has 0 aliphatic heterocycles. The highest BCUT2D eigenvalue weighted by Gasteiger charge is 2.09. The van der Waals surface area contributed by atoms with Crippen molar-refractivity contribution >= 4 is 0 Å². The first kappa shape index (κ1) is 14.5. The second-order valence-electron chi connectivity index (χ2n) is 5.04. The summed E-state index contributed by atoms with van der Waals surface area (Å²) in [6, 6.07) is 10.3. The second kappa shape index (κ2) is 7.03. The summed E-state index contributed by atoms with van der Waals surface area (Å²) in [7, 11) is 0. The molecule has 1 aromatic rings. The summed E-state index contributed by atoms with van der Waals surface area (Å²) in [4.78, 5) is 0. The van der Waals surface area contributed by atoms with E-state index in [-0.39, 0.29) is 12.1 Å². The molecule has 0 aliphatic carbocycles. The van der Waals surface area contributed by atoms with Gasteiger partial charge in [-0.25, -0.2) is 0 Å². The molecular formula is C15H22N2O. The van der Waals surface area contributed by atoms with Crippen LogP contribution in [0.4, 0.5) is 0 Å². The van der Waals surface area contributed by atoms with Gasteiger partial charge in [0, 0.05) is 6.04 Å². The third-order valence-corrected chi connectivity index (χ3v) is 2.63. The van der Waals surface area contributed by atoms with Gasteiger partial charge in [-0.2, -0.15) is 5.26 Å². The van der Waals surface area contributed by atoms with E-state index in [4.69, 9.17) is 10.00 Å². The van der Waals surface area contributed by atoms with Gasteiger partial charge in [0.1, 0.15) is 18.4 Å². The van der Waals surface area contributed by atoms with Crippen molar-refractivity contribution in [3.05, 3.63) is 29.8 Å². The minimum atomic E-state index is -0.271. The molecule has 0 heterocycles. The van der Waals surface area contributed by atoms with Crippen LogP contribution in [0, 0.1) is 11.3 Å². The molecule has 0 aliphatic rings. The average molecular weight is 246 g/mol. The number of hydrogen-bond donors (Lipinski definition) is 1. The predicted octanol–water partition coefficient (Wildman–Crippen LogP) is 3.08. The lowest BCUT2D eigenvalue weighted by Crippen LogP contribution is -2.37. The molecule has 3 nitrogen and oxygen atoms in total. The van der Waals surface area contributed by atoms with Crippen LogP contribution in [0.25, 0.3) is 0 Å². The Labute approximate surface area is 110 Å². The molecular weight excluding hydrogens is 224 g/mol. The van der Waals surface area contributed by atoms with Crippen molar-refractivity contribution in [2.45, 2.75) is 45.7 Å². The number of hydrogen-bond acceptors (Lipinski definition) is 3. The van der Waals surface area contributed by atoms with Crippen LogP contribution in [0.1, 0.15) is 39.2 Å². The monoisotopic (exact) mass is 246 g/mol. The van der Waals surface area contributed by atoms with Crippen LogP contribution in [0.5, 0.6) is 5.75 Å². The highest BCUT2D eigenvalue weighted by molar-refractivity contribution is 5.30. The zero-order valence-corrected chi connectivity index (χ0v) is 11.6. The first-order valence-electron chi connectivity index (χ1n) is 6.41. The summed E-state index contributed by atoms with van der Waals surface area (Å²) >= 11 is 0.